The van der Waals surface area contributed by atoms with Crippen LogP contribution in [0.2, 0.25) is 0 Å². The fraction of sp³-hybridized carbons (Fsp3) is 0.250. The minimum absolute atomic E-state index is 0.0925. The van der Waals surface area contributed by atoms with Crippen LogP contribution >= 0.6 is 38.6 Å². The number of benzene rings is 1. The number of amides is 1. The molecule has 3 nitrogen and oxygen atoms in total. The topological polar surface area (TPSA) is 42.0 Å². The first-order chi connectivity index (χ1) is 10.7. The van der Waals surface area contributed by atoms with E-state index in [0.29, 0.717) is 13.0 Å². The minimum atomic E-state index is 0.0925. The molecule has 0 atom stereocenters. The van der Waals surface area contributed by atoms with Gasteiger partial charge in [-0.1, -0.05) is 12.1 Å². The summed E-state index contributed by atoms with van der Waals surface area (Å²) in [6.45, 7) is 0.517. The molecule has 22 heavy (non-hydrogen) atoms. The quantitative estimate of drug-likeness (QED) is 0.654. The Hall–Kier alpha value is -1.24. The number of halogens is 1. The van der Waals surface area contributed by atoms with Crippen molar-refractivity contribution in [3.05, 3.63) is 50.1 Å². The summed E-state index contributed by atoms with van der Waals surface area (Å²) in [5, 5.41) is 3.91. The number of hydrogen-bond acceptors (Lipinski definition) is 4. The van der Waals surface area contributed by atoms with Crippen molar-refractivity contribution in [3.63, 3.8) is 0 Å². The number of thiazole rings is 1. The number of carbonyl (C=O) groups is 1. The van der Waals surface area contributed by atoms with Gasteiger partial charge in [-0.15, -0.1) is 22.7 Å². The smallest absolute Gasteiger partial charge is 0.220 e. The fourth-order valence-corrected chi connectivity index (χ4v) is 4.60. The molecule has 0 saturated carbocycles. The molecule has 0 spiro atoms. The molecule has 0 radical (unpaired) electrons. The number of nitrogens with zero attached hydrogens (tertiary/aromatic N) is 1. The van der Waals surface area contributed by atoms with Gasteiger partial charge in [0.1, 0.15) is 5.01 Å². The number of aryl methyl sites for hydroxylation is 1. The van der Waals surface area contributed by atoms with Crippen LogP contribution in [0, 0.1) is 0 Å². The Morgan fingerprint density at radius 3 is 2.82 bits per heavy atom. The van der Waals surface area contributed by atoms with Crippen LogP contribution in [-0.4, -0.2) is 10.9 Å². The van der Waals surface area contributed by atoms with Crippen molar-refractivity contribution in [1.29, 1.82) is 0 Å². The van der Waals surface area contributed by atoms with Gasteiger partial charge in [-0.25, -0.2) is 4.98 Å². The highest BCUT2D eigenvalue weighted by molar-refractivity contribution is 9.11. The summed E-state index contributed by atoms with van der Waals surface area (Å²) in [4.78, 5) is 17.7. The van der Waals surface area contributed by atoms with Gasteiger partial charge in [-0.3, -0.25) is 4.79 Å². The molecule has 2 aromatic heterocycles. The zero-order valence-electron chi connectivity index (χ0n) is 11.8. The second-order valence-electron chi connectivity index (χ2n) is 4.91. The summed E-state index contributed by atoms with van der Waals surface area (Å²) in [5.74, 6) is 0.0925. The Bertz CT molecular complexity index is 748. The zero-order valence-corrected chi connectivity index (χ0v) is 15.1. The molecule has 1 N–H and O–H groups in total. The molecule has 1 aromatic carbocycles. The van der Waals surface area contributed by atoms with Gasteiger partial charge in [0.25, 0.3) is 0 Å². The normalized spacial score (nSPS) is 11.0. The first kappa shape index (κ1) is 15.6. The van der Waals surface area contributed by atoms with Crippen LogP contribution in [0.3, 0.4) is 0 Å². The van der Waals surface area contributed by atoms with Crippen molar-refractivity contribution < 1.29 is 4.79 Å². The molecule has 0 saturated heterocycles. The van der Waals surface area contributed by atoms with Gasteiger partial charge in [0, 0.05) is 11.3 Å². The van der Waals surface area contributed by atoms with Crippen molar-refractivity contribution in [3.8, 4) is 0 Å². The van der Waals surface area contributed by atoms with E-state index in [9.17, 15) is 4.79 Å². The summed E-state index contributed by atoms with van der Waals surface area (Å²) >= 11 is 6.81. The average molecular weight is 395 g/mol. The predicted octanol–water partition coefficient (Wildman–Crippen LogP) is 4.76. The van der Waals surface area contributed by atoms with E-state index in [1.165, 1.54) is 4.88 Å². The summed E-state index contributed by atoms with van der Waals surface area (Å²) < 4.78 is 2.30. The molecule has 0 aliphatic carbocycles. The molecule has 0 aliphatic rings. The lowest BCUT2D eigenvalue weighted by molar-refractivity contribution is -0.121. The van der Waals surface area contributed by atoms with Gasteiger partial charge >= 0.3 is 0 Å². The number of fused-ring (bicyclic) bond motifs is 1. The summed E-state index contributed by atoms with van der Waals surface area (Å²) in [5.41, 5.74) is 1.00. The van der Waals surface area contributed by atoms with E-state index in [2.05, 4.69) is 38.4 Å². The van der Waals surface area contributed by atoms with Crippen molar-refractivity contribution in [1.82, 2.24) is 10.3 Å². The third kappa shape index (κ3) is 4.15. The maximum absolute atomic E-state index is 11.9. The van der Waals surface area contributed by atoms with Crippen LogP contribution in [0.5, 0.6) is 0 Å². The van der Waals surface area contributed by atoms with Crippen LogP contribution in [0.25, 0.3) is 10.2 Å². The lowest BCUT2D eigenvalue weighted by Crippen LogP contribution is -2.22. The van der Waals surface area contributed by atoms with Gasteiger partial charge in [0.2, 0.25) is 5.91 Å². The van der Waals surface area contributed by atoms with Crippen molar-refractivity contribution in [2.24, 2.45) is 0 Å². The van der Waals surface area contributed by atoms with Crippen molar-refractivity contribution >= 4 is 54.7 Å². The maximum atomic E-state index is 11.9. The molecule has 0 unspecified atom stereocenters. The Morgan fingerprint density at radius 2 is 2.05 bits per heavy atom. The zero-order chi connectivity index (χ0) is 15.4. The molecule has 0 aliphatic heterocycles. The number of thiophene rings is 1. The van der Waals surface area contributed by atoms with Crippen LogP contribution in [0.1, 0.15) is 22.7 Å². The van der Waals surface area contributed by atoms with Gasteiger partial charge in [0.15, 0.2) is 0 Å². The van der Waals surface area contributed by atoms with E-state index in [4.69, 9.17) is 0 Å². The third-order valence-electron chi connectivity index (χ3n) is 3.23. The van der Waals surface area contributed by atoms with Crippen LogP contribution in [0.15, 0.2) is 40.2 Å². The molecular weight excluding hydrogens is 380 g/mol. The first-order valence-corrected chi connectivity index (χ1v) is 9.49. The van der Waals surface area contributed by atoms with Crippen molar-refractivity contribution in [2.45, 2.75) is 25.8 Å². The number of hydrogen-bond donors (Lipinski definition) is 1. The molecule has 0 bridgehead atoms. The highest BCUT2D eigenvalue weighted by Gasteiger charge is 2.06. The second-order valence-corrected chi connectivity index (χ2v) is 8.57. The SMILES string of the molecule is O=C(CCCc1ccc(Br)s1)NCc1nc2ccccc2s1. The van der Waals surface area contributed by atoms with E-state index in [0.717, 1.165) is 31.9 Å². The molecule has 6 heteroatoms. The molecular formula is C16H15BrN2OS2. The molecule has 3 rings (SSSR count). The highest BCUT2D eigenvalue weighted by Crippen LogP contribution is 2.23. The Morgan fingerprint density at radius 1 is 1.18 bits per heavy atom. The predicted molar refractivity (Wildman–Crippen MR) is 96.4 cm³/mol. The first-order valence-electron chi connectivity index (χ1n) is 7.06. The van der Waals surface area contributed by atoms with E-state index in [-0.39, 0.29) is 5.91 Å². The molecule has 3 aromatic rings. The summed E-state index contributed by atoms with van der Waals surface area (Å²) in [6.07, 6.45) is 2.38. The maximum Gasteiger partial charge on any atom is 0.220 e. The Labute approximate surface area is 145 Å². The summed E-state index contributed by atoms with van der Waals surface area (Å²) in [7, 11) is 0. The highest BCUT2D eigenvalue weighted by atomic mass is 79.9. The number of rotatable bonds is 6. The van der Waals surface area contributed by atoms with Crippen LogP contribution in [-0.2, 0) is 17.8 Å². The lowest BCUT2D eigenvalue weighted by atomic mass is 10.2. The Kier molecular flexibility index (Phi) is 5.23. The van der Waals surface area contributed by atoms with Crippen LogP contribution < -0.4 is 5.32 Å². The van der Waals surface area contributed by atoms with Gasteiger partial charge in [-0.2, -0.15) is 0 Å². The standard InChI is InChI=1S/C16H15BrN2OS2/c17-14-9-8-11(21-14)4-3-7-15(20)18-10-16-19-12-5-1-2-6-13(12)22-16/h1-2,5-6,8-9H,3-4,7,10H2,(H,18,20). The van der Waals surface area contributed by atoms with Crippen LogP contribution in [0.4, 0.5) is 0 Å². The third-order valence-corrected chi connectivity index (χ3v) is 5.95. The number of carbonyl (C=O) groups excluding carboxylic acids is 1. The molecule has 2 heterocycles. The lowest BCUT2D eigenvalue weighted by Gasteiger charge is -2.02. The fourth-order valence-electron chi connectivity index (χ4n) is 2.17. The Balaban J connectivity index is 1.43. The van der Waals surface area contributed by atoms with Gasteiger partial charge < -0.3 is 5.32 Å². The monoisotopic (exact) mass is 394 g/mol. The van der Waals surface area contributed by atoms with E-state index in [1.807, 2.05) is 24.3 Å². The average Bonchev–Trinajstić information content (AvgIpc) is 3.11. The van der Waals surface area contributed by atoms with Crippen molar-refractivity contribution in [2.75, 3.05) is 0 Å². The number of para-hydroxylation sites is 1. The molecule has 1 amide bonds. The molecule has 0 fully saturated rings. The summed E-state index contributed by atoms with van der Waals surface area (Å²) in [6, 6.07) is 12.2. The minimum Gasteiger partial charge on any atom is -0.350 e. The van der Waals surface area contributed by atoms with E-state index >= 15 is 0 Å². The number of aromatic nitrogens is 1. The number of nitrogens with one attached hydrogen (secondary N) is 1. The molecule has 114 valence electrons. The van der Waals surface area contributed by atoms with E-state index in [1.54, 1.807) is 22.7 Å². The largest absolute Gasteiger partial charge is 0.350 e. The van der Waals surface area contributed by atoms with E-state index < -0.39 is 0 Å². The van der Waals surface area contributed by atoms with Gasteiger partial charge in [-0.05, 0) is 53.0 Å². The second kappa shape index (κ2) is 7.35. The van der Waals surface area contributed by atoms with Gasteiger partial charge in [0.05, 0.1) is 20.5 Å².